The minimum absolute atomic E-state index is 0.172. The highest BCUT2D eigenvalue weighted by Gasteiger charge is 2.14. The van der Waals surface area contributed by atoms with Crippen LogP contribution in [0.15, 0.2) is 29.4 Å². The Morgan fingerprint density at radius 3 is 2.39 bits per heavy atom. The SMILES string of the molecule is [N-]=[N+]=Nc1ccc(COC(=O)N(CCCN)CCCCN)cc1. The zero-order valence-electron chi connectivity index (χ0n) is 13.2. The summed E-state index contributed by atoms with van der Waals surface area (Å²) in [5.74, 6) is 0. The number of azide groups is 1. The maximum absolute atomic E-state index is 12.2. The van der Waals surface area contributed by atoms with Gasteiger partial charge in [-0.2, -0.15) is 0 Å². The highest BCUT2D eigenvalue weighted by Crippen LogP contribution is 2.14. The van der Waals surface area contributed by atoms with Crippen LogP contribution in [0.4, 0.5) is 10.5 Å². The molecule has 0 aliphatic heterocycles. The maximum atomic E-state index is 12.2. The largest absolute Gasteiger partial charge is 0.445 e. The van der Waals surface area contributed by atoms with Crippen LogP contribution in [-0.4, -0.2) is 37.2 Å². The number of benzene rings is 1. The topological polar surface area (TPSA) is 130 Å². The molecule has 1 aromatic carbocycles. The average Bonchev–Trinajstić information content (AvgIpc) is 2.57. The summed E-state index contributed by atoms with van der Waals surface area (Å²) >= 11 is 0. The molecule has 0 saturated carbocycles. The molecule has 1 aromatic rings. The van der Waals surface area contributed by atoms with E-state index in [0.717, 1.165) is 24.8 Å². The molecular weight excluding hydrogens is 296 g/mol. The molecule has 4 N–H and O–H groups in total. The summed E-state index contributed by atoms with van der Waals surface area (Å²) in [5, 5.41) is 3.49. The van der Waals surface area contributed by atoms with Crippen LogP contribution >= 0.6 is 0 Å². The number of hydrogen-bond acceptors (Lipinski definition) is 5. The van der Waals surface area contributed by atoms with Crippen LogP contribution in [-0.2, 0) is 11.3 Å². The summed E-state index contributed by atoms with van der Waals surface area (Å²) in [7, 11) is 0. The first kappa shape index (κ1) is 18.8. The summed E-state index contributed by atoms with van der Waals surface area (Å²) in [6.45, 7) is 2.51. The highest BCUT2D eigenvalue weighted by molar-refractivity contribution is 5.67. The van der Waals surface area contributed by atoms with Gasteiger partial charge in [0.1, 0.15) is 6.61 Å². The Kier molecular flexibility index (Phi) is 9.23. The molecule has 8 nitrogen and oxygen atoms in total. The van der Waals surface area contributed by atoms with Crippen molar-refractivity contribution in [2.45, 2.75) is 25.9 Å². The summed E-state index contributed by atoms with van der Waals surface area (Å²) in [4.78, 5) is 16.5. The Bertz CT molecular complexity index is 513. The molecule has 0 spiro atoms. The molecule has 0 bridgehead atoms. The molecule has 0 aliphatic carbocycles. The van der Waals surface area contributed by atoms with Crippen LogP contribution in [0.5, 0.6) is 0 Å². The van der Waals surface area contributed by atoms with E-state index in [1.54, 1.807) is 29.2 Å². The second kappa shape index (κ2) is 11.3. The third-order valence-electron chi connectivity index (χ3n) is 3.23. The van der Waals surface area contributed by atoms with Crippen molar-refractivity contribution in [2.75, 3.05) is 26.2 Å². The first-order valence-electron chi connectivity index (χ1n) is 7.67. The fourth-order valence-electron chi connectivity index (χ4n) is 1.97. The number of nitrogens with zero attached hydrogens (tertiary/aromatic N) is 4. The third-order valence-corrected chi connectivity index (χ3v) is 3.23. The lowest BCUT2D eigenvalue weighted by atomic mass is 10.2. The number of ether oxygens (including phenoxy) is 1. The zero-order valence-corrected chi connectivity index (χ0v) is 13.2. The maximum Gasteiger partial charge on any atom is 0.410 e. The van der Waals surface area contributed by atoms with Crippen molar-refractivity contribution in [3.05, 3.63) is 40.3 Å². The minimum atomic E-state index is -0.352. The van der Waals surface area contributed by atoms with Gasteiger partial charge in [-0.1, -0.05) is 29.4 Å². The fourth-order valence-corrected chi connectivity index (χ4v) is 1.97. The minimum Gasteiger partial charge on any atom is -0.445 e. The van der Waals surface area contributed by atoms with Gasteiger partial charge in [0, 0.05) is 23.7 Å². The molecule has 126 valence electrons. The van der Waals surface area contributed by atoms with Gasteiger partial charge < -0.3 is 21.1 Å². The smallest absolute Gasteiger partial charge is 0.410 e. The van der Waals surface area contributed by atoms with Gasteiger partial charge in [0.2, 0.25) is 0 Å². The fraction of sp³-hybridized carbons (Fsp3) is 0.533. The molecule has 0 radical (unpaired) electrons. The lowest BCUT2D eigenvalue weighted by molar-refractivity contribution is 0.0953. The number of hydrogen-bond donors (Lipinski definition) is 2. The summed E-state index contributed by atoms with van der Waals surface area (Å²) in [5.41, 5.74) is 20.7. The number of carbonyl (C=O) groups excluding carboxylic acids is 1. The van der Waals surface area contributed by atoms with Crippen LogP contribution in [0.2, 0.25) is 0 Å². The second-order valence-electron chi connectivity index (χ2n) is 5.04. The molecule has 0 heterocycles. The van der Waals surface area contributed by atoms with Gasteiger partial charge in [0.25, 0.3) is 0 Å². The van der Waals surface area contributed by atoms with Crippen molar-refractivity contribution in [3.8, 4) is 0 Å². The van der Waals surface area contributed by atoms with Crippen LogP contribution in [0.25, 0.3) is 10.4 Å². The van der Waals surface area contributed by atoms with Crippen molar-refractivity contribution < 1.29 is 9.53 Å². The van der Waals surface area contributed by atoms with Gasteiger partial charge in [0.15, 0.2) is 0 Å². The first-order chi connectivity index (χ1) is 11.2. The van der Waals surface area contributed by atoms with E-state index in [1.807, 2.05) is 0 Å². The Morgan fingerprint density at radius 1 is 1.13 bits per heavy atom. The molecule has 1 amide bonds. The lowest BCUT2D eigenvalue weighted by Gasteiger charge is -2.22. The molecule has 0 fully saturated rings. The van der Waals surface area contributed by atoms with Gasteiger partial charge in [-0.05, 0) is 43.4 Å². The zero-order chi connectivity index (χ0) is 16.9. The lowest BCUT2D eigenvalue weighted by Crippen LogP contribution is -2.34. The quantitative estimate of drug-likeness (QED) is 0.297. The second-order valence-corrected chi connectivity index (χ2v) is 5.04. The van der Waals surface area contributed by atoms with Crippen molar-refractivity contribution in [2.24, 2.45) is 16.6 Å². The molecule has 0 saturated heterocycles. The van der Waals surface area contributed by atoms with Gasteiger partial charge in [-0.25, -0.2) is 4.79 Å². The monoisotopic (exact) mass is 320 g/mol. The number of nitrogens with two attached hydrogens (primary N) is 2. The third kappa shape index (κ3) is 7.51. The number of rotatable bonds is 10. The highest BCUT2D eigenvalue weighted by atomic mass is 16.6. The molecule has 23 heavy (non-hydrogen) atoms. The van der Waals surface area contributed by atoms with Crippen LogP contribution in [0.3, 0.4) is 0 Å². The Balaban J connectivity index is 2.50. The van der Waals surface area contributed by atoms with Crippen molar-refractivity contribution in [1.29, 1.82) is 0 Å². The predicted molar refractivity (Wildman–Crippen MR) is 89.0 cm³/mol. The molecule has 1 rings (SSSR count). The molecule has 0 atom stereocenters. The van der Waals surface area contributed by atoms with Crippen LogP contribution in [0.1, 0.15) is 24.8 Å². The van der Waals surface area contributed by atoms with E-state index in [4.69, 9.17) is 21.7 Å². The van der Waals surface area contributed by atoms with Crippen LogP contribution < -0.4 is 11.5 Å². The van der Waals surface area contributed by atoms with E-state index in [0.29, 0.717) is 31.9 Å². The Morgan fingerprint density at radius 2 is 1.78 bits per heavy atom. The molecule has 0 aliphatic rings. The summed E-state index contributed by atoms with van der Waals surface area (Å²) < 4.78 is 5.33. The number of unbranched alkanes of at least 4 members (excludes halogenated alkanes) is 1. The Hall–Kier alpha value is -2.28. The van der Waals surface area contributed by atoms with E-state index in [1.165, 1.54) is 0 Å². The number of amides is 1. The van der Waals surface area contributed by atoms with Gasteiger partial charge in [-0.3, -0.25) is 0 Å². The van der Waals surface area contributed by atoms with Crippen molar-refractivity contribution in [3.63, 3.8) is 0 Å². The predicted octanol–water partition coefficient (Wildman–Crippen LogP) is 2.65. The Labute approximate surface area is 136 Å². The average molecular weight is 320 g/mol. The van der Waals surface area contributed by atoms with Crippen molar-refractivity contribution in [1.82, 2.24) is 4.90 Å². The summed E-state index contributed by atoms with van der Waals surface area (Å²) in [6, 6.07) is 6.87. The molecule has 0 aromatic heterocycles. The van der Waals surface area contributed by atoms with Gasteiger partial charge in [-0.15, -0.1) is 0 Å². The number of carbonyl (C=O) groups is 1. The normalized spacial score (nSPS) is 10.0. The first-order valence-corrected chi connectivity index (χ1v) is 7.67. The van der Waals surface area contributed by atoms with Crippen molar-refractivity contribution >= 4 is 11.8 Å². The molecule has 0 unspecified atom stereocenters. The van der Waals surface area contributed by atoms with E-state index in [9.17, 15) is 4.79 Å². The van der Waals surface area contributed by atoms with E-state index < -0.39 is 0 Å². The molecule has 8 heteroatoms. The van der Waals surface area contributed by atoms with E-state index in [-0.39, 0.29) is 12.7 Å². The van der Waals surface area contributed by atoms with E-state index >= 15 is 0 Å². The van der Waals surface area contributed by atoms with E-state index in [2.05, 4.69) is 10.0 Å². The summed E-state index contributed by atoms with van der Waals surface area (Å²) in [6.07, 6.45) is 2.10. The standard InChI is InChI=1S/C15H24N6O2/c16-8-1-2-10-21(11-3-9-17)15(22)23-12-13-4-6-14(7-5-13)19-20-18/h4-7H,1-3,8-12,16-17H2. The molecular formula is C15H24N6O2. The van der Waals surface area contributed by atoms with Crippen LogP contribution in [0, 0.1) is 0 Å². The van der Waals surface area contributed by atoms with Gasteiger partial charge in [0.05, 0.1) is 0 Å². The van der Waals surface area contributed by atoms with Gasteiger partial charge >= 0.3 is 6.09 Å².